The van der Waals surface area contributed by atoms with Gasteiger partial charge in [-0.1, -0.05) is 0 Å². The molecular formula is C9H13N3O2. The quantitative estimate of drug-likeness (QED) is 0.665. The molecule has 0 radical (unpaired) electrons. The Morgan fingerprint density at radius 1 is 1.64 bits per heavy atom. The van der Waals surface area contributed by atoms with E-state index in [9.17, 15) is 9.90 Å². The van der Waals surface area contributed by atoms with E-state index in [-0.39, 0.29) is 5.91 Å². The number of likely N-dealkylation sites (tertiary alicyclic amines) is 1. The van der Waals surface area contributed by atoms with Gasteiger partial charge in [0.2, 0.25) is 0 Å². The van der Waals surface area contributed by atoms with E-state index in [1.807, 2.05) is 0 Å². The molecule has 1 N–H and O–H groups in total. The van der Waals surface area contributed by atoms with Gasteiger partial charge in [0.25, 0.3) is 5.91 Å². The maximum atomic E-state index is 11.7. The van der Waals surface area contributed by atoms with Crippen LogP contribution in [0.15, 0.2) is 12.3 Å². The largest absolute Gasteiger partial charge is 0.386 e. The lowest BCUT2D eigenvalue weighted by molar-refractivity contribution is -0.0670. The standard InChI is InChI=1S/C9H13N3O2/c1-9(14)5-12(6-9)8(13)7-3-4-11(2)10-7/h3-4,14H,5-6H2,1-2H3. The number of nitrogens with zero attached hydrogens (tertiary/aromatic N) is 3. The molecule has 0 spiro atoms. The van der Waals surface area contributed by atoms with Crippen molar-refractivity contribution in [2.75, 3.05) is 13.1 Å². The van der Waals surface area contributed by atoms with Crippen LogP contribution in [0.1, 0.15) is 17.4 Å². The van der Waals surface area contributed by atoms with Crippen molar-refractivity contribution in [3.8, 4) is 0 Å². The van der Waals surface area contributed by atoms with Crippen LogP contribution in [-0.4, -0.2) is 44.4 Å². The predicted molar refractivity (Wildman–Crippen MR) is 49.7 cm³/mol. The first-order valence-electron chi connectivity index (χ1n) is 4.49. The zero-order valence-corrected chi connectivity index (χ0v) is 8.27. The monoisotopic (exact) mass is 195 g/mol. The van der Waals surface area contributed by atoms with Crippen LogP contribution in [0.25, 0.3) is 0 Å². The second kappa shape index (κ2) is 2.81. The summed E-state index contributed by atoms with van der Waals surface area (Å²) in [5.74, 6) is -0.114. The molecular weight excluding hydrogens is 182 g/mol. The van der Waals surface area contributed by atoms with Crippen LogP contribution < -0.4 is 0 Å². The van der Waals surface area contributed by atoms with Gasteiger partial charge in [0.1, 0.15) is 5.69 Å². The van der Waals surface area contributed by atoms with Crippen LogP contribution in [-0.2, 0) is 7.05 Å². The smallest absolute Gasteiger partial charge is 0.274 e. The first-order valence-corrected chi connectivity index (χ1v) is 4.49. The van der Waals surface area contributed by atoms with Gasteiger partial charge in [-0.3, -0.25) is 9.48 Å². The van der Waals surface area contributed by atoms with Crippen LogP contribution in [0.4, 0.5) is 0 Å². The Hall–Kier alpha value is -1.36. The number of carbonyl (C=O) groups excluding carboxylic acids is 1. The molecule has 1 aromatic rings. The van der Waals surface area contributed by atoms with Crippen molar-refractivity contribution in [1.29, 1.82) is 0 Å². The molecule has 1 aliphatic heterocycles. The van der Waals surface area contributed by atoms with Gasteiger partial charge in [-0.05, 0) is 13.0 Å². The summed E-state index contributed by atoms with van der Waals surface area (Å²) in [5.41, 5.74) is -0.284. The summed E-state index contributed by atoms with van der Waals surface area (Å²) in [6.45, 7) is 2.50. The lowest BCUT2D eigenvalue weighted by Gasteiger charge is -2.43. The lowest BCUT2D eigenvalue weighted by Crippen LogP contribution is -2.61. The molecule has 14 heavy (non-hydrogen) atoms. The minimum Gasteiger partial charge on any atom is -0.386 e. The lowest BCUT2D eigenvalue weighted by atomic mass is 9.97. The zero-order chi connectivity index (χ0) is 10.3. The van der Waals surface area contributed by atoms with Crippen molar-refractivity contribution < 1.29 is 9.90 Å². The van der Waals surface area contributed by atoms with Gasteiger partial charge in [-0.25, -0.2) is 0 Å². The third-order valence-corrected chi connectivity index (χ3v) is 2.28. The molecule has 1 saturated heterocycles. The average molecular weight is 195 g/mol. The highest BCUT2D eigenvalue weighted by Crippen LogP contribution is 2.21. The fourth-order valence-corrected chi connectivity index (χ4v) is 1.61. The van der Waals surface area contributed by atoms with E-state index in [0.717, 1.165) is 0 Å². The van der Waals surface area contributed by atoms with Crippen molar-refractivity contribution in [3.05, 3.63) is 18.0 Å². The Kier molecular flexibility index (Phi) is 1.85. The minimum absolute atomic E-state index is 0.114. The summed E-state index contributed by atoms with van der Waals surface area (Å²) < 4.78 is 1.59. The highest BCUT2D eigenvalue weighted by Gasteiger charge is 2.40. The number of hydrogen-bond acceptors (Lipinski definition) is 3. The summed E-state index contributed by atoms with van der Waals surface area (Å²) in [4.78, 5) is 13.3. The topological polar surface area (TPSA) is 58.4 Å². The third-order valence-electron chi connectivity index (χ3n) is 2.28. The van der Waals surface area contributed by atoms with Crippen molar-refractivity contribution in [1.82, 2.24) is 14.7 Å². The summed E-state index contributed by atoms with van der Waals surface area (Å²) in [6.07, 6.45) is 1.73. The average Bonchev–Trinajstić information content (AvgIpc) is 2.46. The van der Waals surface area contributed by atoms with Crippen LogP contribution in [0.2, 0.25) is 0 Å². The molecule has 5 heteroatoms. The second-order valence-corrected chi connectivity index (χ2v) is 4.03. The second-order valence-electron chi connectivity index (χ2n) is 4.03. The number of hydrogen-bond donors (Lipinski definition) is 1. The normalized spacial score (nSPS) is 19.2. The molecule has 5 nitrogen and oxygen atoms in total. The van der Waals surface area contributed by atoms with Crippen molar-refractivity contribution in [2.24, 2.45) is 7.05 Å². The van der Waals surface area contributed by atoms with Gasteiger partial charge >= 0.3 is 0 Å². The molecule has 0 aliphatic carbocycles. The van der Waals surface area contributed by atoms with E-state index >= 15 is 0 Å². The van der Waals surface area contributed by atoms with Crippen molar-refractivity contribution in [2.45, 2.75) is 12.5 Å². The number of amides is 1. The van der Waals surface area contributed by atoms with Gasteiger partial charge in [0.15, 0.2) is 0 Å². The van der Waals surface area contributed by atoms with E-state index in [1.165, 1.54) is 0 Å². The van der Waals surface area contributed by atoms with E-state index < -0.39 is 5.60 Å². The van der Waals surface area contributed by atoms with E-state index in [1.54, 1.807) is 35.8 Å². The third kappa shape index (κ3) is 1.50. The highest BCUT2D eigenvalue weighted by molar-refractivity contribution is 5.92. The van der Waals surface area contributed by atoms with E-state index in [2.05, 4.69) is 5.10 Å². The number of aliphatic hydroxyl groups is 1. The number of carbonyl (C=O) groups is 1. The SMILES string of the molecule is Cn1ccc(C(=O)N2CC(C)(O)C2)n1. The number of β-amino-alcohol motifs (C(OH)–C–C–N with tert-alkyl or cyclic N) is 1. The zero-order valence-electron chi connectivity index (χ0n) is 8.27. The molecule has 0 unspecified atom stereocenters. The number of aryl methyl sites for hydroxylation is 1. The molecule has 0 bridgehead atoms. The predicted octanol–water partition coefficient (Wildman–Crippen LogP) is -0.373. The molecule has 1 fully saturated rings. The number of aromatic nitrogens is 2. The molecule has 0 aromatic carbocycles. The molecule has 1 aromatic heterocycles. The van der Waals surface area contributed by atoms with E-state index in [4.69, 9.17) is 0 Å². The fourth-order valence-electron chi connectivity index (χ4n) is 1.61. The van der Waals surface area contributed by atoms with Gasteiger partial charge in [-0.15, -0.1) is 0 Å². The minimum atomic E-state index is -0.718. The van der Waals surface area contributed by atoms with E-state index in [0.29, 0.717) is 18.8 Å². The number of rotatable bonds is 1. The fraction of sp³-hybridized carbons (Fsp3) is 0.556. The molecule has 0 atom stereocenters. The Morgan fingerprint density at radius 2 is 2.29 bits per heavy atom. The van der Waals surface area contributed by atoms with Gasteiger partial charge in [0.05, 0.1) is 18.7 Å². The molecule has 2 heterocycles. The molecule has 0 saturated carbocycles. The van der Waals surface area contributed by atoms with Crippen LogP contribution >= 0.6 is 0 Å². The molecule has 2 rings (SSSR count). The first kappa shape index (κ1) is 9.21. The van der Waals surface area contributed by atoms with Gasteiger partial charge in [-0.2, -0.15) is 5.10 Å². The maximum Gasteiger partial charge on any atom is 0.274 e. The summed E-state index contributed by atoms with van der Waals surface area (Å²) in [7, 11) is 1.77. The Morgan fingerprint density at radius 3 is 2.71 bits per heavy atom. The summed E-state index contributed by atoms with van der Waals surface area (Å²) >= 11 is 0. The van der Waals surface area contributed by atoms with Crippen LogP contribution in [0, 0.1) is 0 Å². The molecule has 1 aliphatic rings. The van der Waals surface area contributed by atoms with Gasteiger partial charge < -0.3 is 10.0 Å². The summed E-state index contributed by atoms with van der Waals surface area (Å²) in [5, 5.41) is 13.5. The van der Waals surface area contributed by atoms with Crippen molar-refractivity contribution >= 4 is 5.91 Å². The van der Waals surface area contributed by atoms with Crippen molar-refractivity contribution in [3.63, 3.8) is 0 Å². The first-order chi connectivity index (χ1) is 6.48. The Bertz CT molecular complexity index is 362. The van der Waals surface area contributed by atoms with Gasteiger partial charge in [0, 0.05) is 13.2 Å². The van der Waals surface area contributed by atoms with Crippen LogP contribution in [0.3, 0.4) is 0 Å². The highest BCUT2D eigenvalue weighted by atomic mass is 16.3. The Balaban J connectivity index is 2.04. The summed E-state index contributed by atoms with van der Waals surface area (Å²) in [6, 6.07) is 1.68. The Labute approximate surface area is 81.9 Å². The maximum absolute atomic E-state index is 11.7. The molecule has 76 valence electrons. The van der Waals surface area contributed by atoms with Crippen LogP contribution in [0.5, 0.6) is 0 Å². The molecule has 1 amide bonds.